The zero-order chi connectivity index (χ0) is 13.0. The Morgan fingerprint density at radius 2 is 2.28 bits per heavy atom. The summed E-state index contributed by atoms with van der Waals surface area (Å²) in [6, 6.07) is 7.09. The number of benzene rings is 1. The van der Waals surface area contributed by atoms with Crippen LogP contribution in [-0.4, -0.2) is 19.1 Å². The lowest BCUT2D eigenvalue weighted by molar-refractivity contribution is -0.123. The first-order valence-electron chi connectivity index (χ1n) is 6.39. The van der Waals surface area contributed by atoms with Gasteiger partial charge < -0.3 is 15.8 Å². The Kier molecular flexibility index (Phi) is 3.75. The van der Waals surface area contributed by atoms with Gasteiger partial charge in [-0.25, -0.2) is 0 Å². The maximum absolute atomic E-state index is 11.6. The van der Waals surface area contributed by atoms with Crippen molar-refractivity contribution in [2.45, 2.75) is 26.2 Å². The second-order valence-electron chi connectivity index (χ2n) is 4.99. The molecule has 0 saturated heterocycles. The van der Waals surface area contributed by atoms with Crippen molar-refractivity contribution in [2.75, 3.05) is 18.9 Å². The smallest absolute Gasteiger partial charge is 0.257 e. The van der Waals surface area contributed by atoms with E-state index in [0.29, 0.717) is 16.9 Å². The topological polar surface area (TPSA) is 64.3 Å². The molecule has 1 aliphatic rings. The van der Waals surface area contributed by atoms with Crippen LogP contribution in [0.3, 0.4) is 0 Å². The molecule has 18 heavy (non-hydrogen) atoms. The number of hydrogen-bond acceptors (Lipinski definition) is 3. The zero-order valence-corrected chi connectivity index (χ0v) is 10.7. The molecule has 0 bridgehead atoms. The van der Waals surface area contributed by atoms with Crippen molar-refractivity contribution in [3.63, 3.8) is 0 Å². The molecule has 1 saturated carbocycles. The molecule has 4 heteroatoms. The highest BCUT2D eigenvalue weighted by Crippen LogP contribution is 2.47. The van der Waals surface area contributed by atoms with Crippen LogP contribution in [-0.2, 0) is 4.79 Å². The van der Waals surface area contributed by atoms with E-state index >= 15 is 0 Å². The molecular weight excluding hydrogens is 228 g/mol. The molecule has 4 nitrogen and oxygen atoms in total. The van der Waals surface area contributed by atoms with Gasteiger partial charge in [0.15, 0.2) is 6.61 Å². The summed E-state index contributed by atoms with van der Waals surface area (Å²) < 4.78 is 5.38. The van der Waals surface area contributed by atoms with Gasteiger partial charge in [0.25, 0.3) is 5.91 Å². The van der Waals surface area contributed by atoms with Crippen LogP contribution in [0.1, 0.15) is 26.2 Å². The fourth-order valence-corrected chi connectivity index (χ4v) is 1.92. The van der Waals surface area contributed by atoms with Crippen molar-refractivity contribution in [1.29, 1.82) is 0 Å². The molecule has 3 N–H and O–H groups in total. The average Bonchev–Trinajstić information content (AvgIpc) is 3.15. The number of carbonyl (C=O) groups is 1. The van der Waals surface area contributed by atoms with Crippen LogP contribution in [0.5, 0.6) is 5.75 Å². The third kappa shape index (κ3) is 3.39. The van der Waals surface area contributed by atoms with Crippen molar-refractivity contribution in [2.24, 2.45) is 5.41 Å². The van der Waals surface area contributed by atoms with Gasteiger partial charge in [0.1, 0.15) is 5.75 Å². The molecule has 1 aromatic carbocycles. The summed E-state index contributed by atoms with van der Waals surface area (Å²) in [6.45, 7) is 2.98. The standard InChI is InChI=1S/C14H20N2O2/c1-2-14(6-7-14)10-16-13(17)9-18-12-5-3-4-11(15)8-12/h3-5,8H,2,6-7,9-10,15H2,1H3,(H,16,17). The third-order valence-corrected chi connectivity index (χ3v) is 3.60. The van der Waals surface area contributed by atoms with Gasteiger partial charge in [-0.05, 0) is 36.8 Å². The monoisotopic (exact) mass is 248 g/mol. The van der Waals surface area contributed by atoms with E-state index in [2.05, 4.69) is 12.2 Å². The van der Waals surface area contributed by atoms with Gasteiger partial charge in [-0.3, -0.25) is 4.79 Å². The number of amides is 1. The maximum Gasteiger partial charge on any atom is 0.257 e. The van der Waals surface area contributed by atoms with E-state index in [1.54, 1.807) is 24.3 Å². The second kappa shape index (κ2) is 5.29. The molecule has 98 valence electrons. The summed E-state index contributed by atoms with van der Waals surface area (Å²) in [5, 5.41) is 2.93. The normalized spacial score (nSPS) is 16.1. The Labute approximate surface area is 108 Å². The minimum Gasteiger partial charge on any atom is -0.484 e. The van der Waals surface area contributed by atoms with Crippen molar-refractivity contribution in [3.05, 3.63) is 24.3 Å². The maximum atomic E-state index is 11.6. The Bertz CT molecular complexity index is 428. The van der Waals surface area contributed by atoms with E-state index in [1.807, 2.05) is 0 Å². The van der Waals surface area contributed by atoms with Gasteiger partial charge in [-0.1, -0.05) is 13.0 Å². The predicted molar refractivity (Wildman–Crippen MR) is 71.3 cm³/mol. The fraction of sp³-hybridized carbons (Fsp3) is 0.500. The van der Waals surface area contributed by atoms with Crippen LogP contribution in [0.15, 0.2) is 24.3 Å². The summed E-state index contributed by atoms with van der Waals surface area (Å²) in [5.74, 6) is 0.555. The number of nitrogen functional groups attached to an aromatic ring is 1. The average molecular weight is 248 g/mol. The SMILES string of the molecule is CCC1(CNC(=O)COc2cccc(N)c2)CC1. The van der Waals surface area contributed by atoms with E-state index in [1.165, 1.54) is 12.8 Å². The Hall–Kier alpha value is -1.71. The molecule has 0 aromatic heterocycles. The molecule has 2 rings (SSSR count). The van der Waals surface area contributed by atoms with Gasteiger partial charge >= 0.3 is 0 Å². The number of carbonyl (C=O) groups excluding carboxylic acids is 1. The highest BCUT2D eigenvalue weighted by atomic mass is 16.5. The summed E-state index contributed by atoms with van der Waals surface area (Å²) in [6.07, 6.45) is 3.57. The number of nitrogens with two attached hydrogens (primary N) is 1. The minimum absolute atomic E-state index is 0.0449. The quantitative estimate of drug-likeness (QED) is 0.756. The molecule has 0 radical (unpaired) electrons. The summed E-state index contributed by atoms with van der Waals surface area (Å²) >= 11 is 0. The fourth-order valence-electron chi connectivity index (χ4n) is 1.92. The Balaban J connectivity index is 1.72. The summed E-state index contributed by atoms with van der Waals surface area (Å²) in [5.41, 5.74) is 6.63. The lowest BCUT2D eigenvalue weighted by Crippen LogP contribution is -2.33. The molecule has 0 aliphatic heterocycles. The first-order valence-corrected chi connectivity index (χ1v) is 6.39. The molecule has 1 fully saturated rings. The van der Waals surface area contributed by atoms with Crippen molar-refractivity contribution in [1.82, 2.24) is 5.32 Å². The lowest BCUT2D eigenvalue weighted by atomic mass is 10.0. The van der Waals surface area contributed by atoms with Crippen molar-refractivity contribution < 1.29 is 9.53 Å². The molecule has 0 heterocycles. The summed E-state index contributed by atoms with van der Waals surface area (Å²) in [7, 11) is 0. The van der Waals surface area contributed by atoms with Crippen LogP contribution < -0.4 is 15.8 Å². The molecule has 0 unspecified atom stereocenters. The third-order valence-electron chi connectivity index (χ3n) is 3.60. The van der Waals surface area contributed by atoms with Gasteiger partial charge in [0.05, 0.1) is 0 Å². The second-order valence-corrected chi connectivity index (χ2v) is 4.99. The highest BCUT2D eigenvalue weighted by molar-refractivity contribution is 5.77. The summed E-state index contributed by atoms with van der Waals surface area (Å²) in [4.78, 5) is 11.6. The van der Waals surface area contributed by atoms with Crippen LogP contribution >= 0.6 is 0 Å². The number of anilines is 1. The molecule has 1 aliphatic carbocycles. The predicted octanol–water partition coefficient (Wildman–Crippen LogP) is 1.95. The van der Waals surface area contributed by atoms with Crippen molar-refractivity contribution in [3.8, 4) is 5.75 Å². The number of rotatable bonds is 6. The molecular formula is C14H20N2O2. The van der Waals surface area contributed by atoms with Gasteiger partial charge in [0, 0.05) is 18.3 Å². The van der Waals surface area contributed by atoms with Gasteiger partial charge in [-0.15, -0.1) is 0 Å². The van der Waals surface area contributed by atoms with E-state index < -0.39 is 0 Å². The zero-order valence-electron chi connectivity index (χ0n) is 10.7. The van der Waals surface area contributed by atoms with Crippen LogP contribution in [0, 0.1) is 5.41 Å². The number of hydrogen-bond donors (Lipinski definition) is 2. The lowest BCUT2D eigenvalue weighted by Gasteiger charge is -2.13. The van der Waals surface area contributed by atoms with Gasteiger partial charge in [0.2, 0.25) is 0 Å². The Morgan fingerprint density at radius 1 is 1.50 bits per heavy atom. The molecule has 0 spiro atoms. The largest absolute Gasteiger partial charge is 0.484 e. The minimum atomic E-state index is -0.0721. The van der Waals surface area contributed by atoms with E-state index in [0.717, 1.165) is 13.0 Å². The van der Waals surface area contributed by atoms with E-state index in [4.69, 9.17) is 10.5 Å². The van der Waals surface area contributed by atoms with Gasteiger partial charge in [-0.2, -0.15) is 0 Å². The van der Waals surface area contributed by atoms with Crippen LogP contribution in [0.2, 0.25) is 0 Å². The molecule has 0 atom stereocenters. The molecule has 1 aromatic rings. The van der Waals surface area contributed by atoms with Crippen LogP contribution in [0.4, 0.5) is 5.69 Å². The van der Waals surface area contributed by atoms with E-state index in [9.17, 15) is 4.79 Å². The first-order chi connectivity index (χ1) is 8.63. The number of nitrogens with one attached hydrogen (secondary N) is 1. The number of ether oxygens (including phenoxy) is 1. The molecule has 1 amide bonds. The highest BCUT2D eigenvalue weighted by Gasteiger charge is 2.40. The van der Waals surface area contributed by atoms with Crippen molar-refractivity contribution >= 4 is 11.6 Å². The van der Waals surface area contributed by atoms with Crippen LogP contribution in [0.25, 0.3) is 0 Å². The Morgan fingerprint density at radius 3 is 2.89 bits per heavy atom. The first kappa shape index (κ1) is 12.7. The van der Waals surface area contributed by atoms with E-state index in [-0.39, 0.29) is 12.5 Å².